The van der Waals surface area contributed by atoms with Gasteiger partial charge in [0.2, 0.25) is 0 Å². The number of hydrogen-bond donors (Lipinski definition) is 3. The summed E-state index contributed by atoms with van der Waals surface area (Å²) < 4.78 is 6.39. The summed E-state index contributed by atoms with van der Waals surface area (Å²) in [5.74, 6) is 0.742. The highest BCUT2D eigenvalue weighted by atomic mass is 16.5. The van der Waals surface area contributed by atoms with Crippen molar-refractivity contribution >= 4 is 17.4 Å². The van der Waals surface area contributed by atoms with Gasteiger partial charge in [0.1, 0.15) is 5.82 Å². The van der Waals surface area contributed by atoms with E-state index >= 15 is 0 Å². The predicted molar refractivity (Wildman–Crippen MR) is 152 cm³/mol. The lowest BCUT2D eigenvalue weighted by Gasteiger charge is -2.15. The minimum Gasteiger partial charge on any atom is -0.385 e. The van der Waals surface area contributed by atoms with Gasteiger partial charge >= 0.3 is 6.03 Å². The number of hydrogen-bond acceptors (Lipinski definition) is 4. The molecule has 2 aliphatic rings. The highest BCUT2D eigenvalue weighted by Crippen LogP contribution is 2.30. The van der Waals surface area contributed by atoms with Gasteiger partial charge in [0.25, 0.3) is 0 Å². The molecule has 37 heavy (non-hydrogen) atoms. The molecule has 2 aromatic carbocycles. The van der Waals surface area contributed by atoms with Crippen LogP contribution in [0.4, 0.5) is 10.6 Å². The summed E-state index contributed by atoms with van der Waals surface area (Å²) in [6, 6.07) is 22.1. The number of benzene rings is 2. The zero-order valence-corrected chi connectivity index (χ0v) is 22.4. The Morgan fingerprint density at radius 2 is 1.65 bits per heavy atom. The third kappa shape index (κ3) is 8.88. The predicted octanol–water partition coefficient (Wildman–Crippen LogP) is 5.96. The van der Waals surface area contributed by atoms with Crippen molar-refractivity contribution < 1.29 is 9.53 Å². The molecular formula is C30H41N5O2. The number of para-hydroxylation sites is 1. The zero-order valence-electron chi connectivity index (χ0n) is 22.4. The molecule has 198 valence electrons. The fraction of sp³-hybridized carbons (Fsp3) is 0.400. The van der Waals surface area contributed by atoms with Crippen molar-refractivity contribution in [2.45, 2.75) is 52.0 Å². The lowest BCUT2D eigenvalue weighted by atomic mass is 10.0. The third-order valence-corrected chi connectivity index (χ3v) is 6.37. The zero-order chi connectivity index (χ0) is 26.3. The molecule has 1 saturated carbocycles. The first-order valence-electron chi connectivity index (χ1n) is 13.3. The van der Waals surface area contributed by atoms with E-state index in [0.717, 1.165) is 61.7 Å². The van der Waals surface area contributed by atoms with Crippen LogP contribution in [0.2, 0.25) is 0 Å². The first-order chi connectivity index (χ1) is 18.1. The molecule has 3 N–H and O–H groups in total. The minimum absolute atomic E-state index is 0.145. The van der Waals surface area contributed by atoms with Gasteiger partial charge in [0.05, 0.1) is 11.4 Å². The fourth-order valence-electron chi connectivity index (χ4n) is 4.33. The molecule has 1 aromatic heterocycles. The van der Waals surface area contributed by atoms with Crippen molar-refractivity contribution in [3.8, 4) is 5.69 Å². The standard InChI is InChI=1S/C21H27N5O.C6H6.C3H8O/c1-15-19(16-11-13-22-14-12-16)25-26(18-9-3-2-4-10-18)20(15)24-21(27)23-17-7-5-6-8-17;1-2-4-6-5-3-1;1-3-4-2/h2-4,9-11,17,22H,5-8,12-14H2,1H3,(H2,23,24,27);1-6H;3H2,1-2H3. The van der Waals surface area contributed by atoms with Gasteiger partial charge < -0.3 is 15.4 Å². The van der Waals surface area contributed by atoms with Gasteiger partial charge in [-0.25, -0.2) is 9.48 Å². The number of anilines is 1. The highest BCUT2D eigenvalue weighted by Gasteiger charge is 2.22. The van der Waals surface area contributed by atoms with Crippen LogP contribution in [0.1, 0.15) is 50.3 Å². The lowest BCUT2D eigenvalue weighted by molar-refractivity contribution is 0.215. The van der Waals surface area contributed by atoms with Crippen LogP contribution in [-0.2, 0) is 4.74 Å². The van der Waals surface area contributed by atoms with E-state index in [1.54, 1.807) is 7.11 Å². The summed E-state index contributed by atoms with van der Waals surface area (Å²) in [4.78, 5) is 12.6. The number of nitrogens with zero attached hydrogens (tertiary/aromatic N) is 2. The Kier molecular flexibility index (Phi) is 11.9. The van der Waals surface area contributed by atoms with Crippen LogP contribution < -0.4 is 16.0 Å². The maximum atomic E-state index is 12.6. The van der Waals surface area contributed by atoms with Gasteiger partial charge in [0, 0.05) is 31.9 Å². The van der Waals surface area contributed by atoms with Crippen LogP contribution in [0.15, 0.2) is 72.8 Å². The van der Waals surface area contributed by atoms with E-state index < -0.39 is 0 Å². The lowest BCUT2D eigenvalue weighted by Crippen LogP contribution is -2.36. The van der Waals surface area contributed by atoms with Crippen molar-refractivity contribution in [2.24, 2.45) is 0 Å². The Balaban J connectivity index is 0.000000320. The summed E-state index contributed by atoms with van der Waals surface area (Å²) in [6.07, 6.45) is 7.65. The van der Waals surface area contributed by atoms with Crippen LogP contribution in [0, 0.1) is 6.92 Å². The number of nitrogens with one attached hydrogen (secondary N) is 3. The first-order valence-corrected chi connectivity index (χ1v) is 13.3. The number of aromatic nitrogens is 2. The van der Waals surface area contributed by atoms with Crippen LogP contribution in [0.25, 0.3) is 11.3 Å². The smallest absolute Gasteiger partial charge is 0.320 e. The summed E-state index contributed by atoms with van der Waals surface area (Å²) >= 11 is 0. The Morgan fingerprint density at radius 3 is 2.19 bits per heavy atom. The number of carbonyl (C=O) groups is 1. The Morgan fingerprint density at radius 1 is 1.05 bits per heavy atom. The number of ether oxygens (including phenoxy) is 1. The van der Waals surface area contributed by atoms with E-state index in [4.69, 9.17) is 5.10 Å². The molecule has 5 rings (SSSR count). The van der Waals surface area contributed by atoms with E-state index in [1.807, 2.05) is 85.3 Å². The minimum atomic E-state index is -0.145. The fourth-order valence-corrected chi connectivity index (χ4v) is 4.33. The van der Waals surface area contributed by atoms with Crippen LogP contribution in [0.3, 0.4) is 0 Å². The molecule has 0 spiro atoms. The van der Waals surface area contributed by atoms with E-state index in [-0.39, 0.29) is 12.1 Å². The SMILES string of the molecule is CCOC.Cc1c(C2=CCNCC2)nn(-c2ccccc2)c1NC(=O)NC1CCCC1.c1ccccc1. The number of rotatable bonds is 5. The molecule has 7 nitrogen and oxygen atoms in total. The Bertz CT molecular complexity index is 1060. The second-order valence-corrected chi connectivity index (χ2v) is 9.06. The van der Waals surface area contributed by atoms with Crippen LogP contribution in [-0.4, -0.2) is 48.7 Å². The molecule has 2 amide bonds. The number of urea groups is 1. The Hall–Kier alpha value is -3.42. The topological polar surface area (TPSA) is 80.2 Å². The van der Waals surface area contributed by atoms with E-state index in [0.29, 0.717) is 0 Å². The summed E-state index contributed by atoms with van der Waals surface area (Å²) in [5.41, 5.74) is 4.16. The number of carbonyl (C=O) groups excluding carboxylic acids is 1. The molecule has 0 atom stereocenters. The molecule has 1 aliphatic heterocycles. The second kappa shape index (κ2) is 15.6. The van der Waals surface area contributed by atoms with Gasteiger partial charge in [-0.2, -0.15) is 5.10 Å². The number of amides is 2. The summed E-state index contributed by atoms with van der Waals surface area (Å²) in [7, 11) is 1.68. The second-order valence-electron chi connectivity index (χ2n) is 9.06. The maximum Gasteiger partial charge on any atom is 0.320 e. The van der Waals surface area contributed by atoms with E-state index in [1.165, 1.54) is 18.4 Å². The van der Waals surface area contributed by atoms with E-state index in [9.17, 15) is 4.79 Å². The van der Waals surface area contributed by atoms with Crippen molar-refractivity contribution in [2.75, 3.05) is 32.1 Å². The molecular weight excluding hydrogens is 462 g/mol. The van der Waals surface area contributed by atoms with Crippen molar-refractivity contribution in [1.82, 2.24) is 20.4 Å². The quantitative estimate of drug-likeness (QED) is 0.401. The van der Waals surface area contributed by atoms with Gasteiger partial charge in [-0.1, -0.05) is 73.5 Å². The molecule has 0 unspecified atom stereocenters. The van der Waals surface area contributed by atoms with Crippen molar-refractivity contribution in [3.05, 3.63) is 84.1 Å². The number of methoxy groups -OCH3 is 1. The van der Waals surface area contributed by atoms with Crippen LogP contribution >= 0.6 is 0 Å². The highest BCUT2D eigenvalue weighted by molar-refractivity contribution is 5.90. The maximum absolute atomic E-state index is 12.6. The van der Waals surface area contributed by atoms with Crippen LogP contribution in [0.5, 0.6) is 0 Å². The largest absolute Gasteiger partial charge is 0.385 e. The van der Waals surface area contributed by atoms with Crippen molar-refractivity contribution in [1.29, 1.82) is 0 Å². The summed E-state index contributed by atoms with van der Waals surface area (Å²) in [6.45, 7) is 6.63. The van der Waals surface area contributed by atoms with Gasteiger partial charge in [-0.15, -0.1) is 0 Å². The van der Waals surface area contributed by atoms with Gasteiger partial charge in [0.15, 0.2) is 0 Å². The molecule has 7 heteroatoms. The van der Waals surface area contributed by atoms with Crippen molar-refractivity contribution in [3.63, 3.8) is 0 Å². The van der Waals surface area contributed by atoms with Gasteiger partial charge in [-0.05, 0) is 57.4 Å². The molecule has 2 heterocycles. The first kappa shape index (κ1) is 28.2. The molecule has 0 bridgehead atoms. The molecule has 3 aromatic rings. The molecule has 1 aliphatic carbocycles. The molecule has 0 radical (unpaired) electrons. The summed E-state index contributed by atoms with van der Waals surface area (Å²) in [5, 5.41) is 14.4. The molecule has 1 fully saturated rings. The third-order valence-electron chi connectivity index (χ3n) is 6.37. The molecule has 0 saturated heterocycles. The average molecular weight is 504 g/mol. The monoisotopic (exact) mass is 503 g/mol. The Labute approximate surface area is 221 Å². The van der Waals surface area contributed by atoms with Gasteiger partial charge in [-0.3, -0.25) is 5.32 Å². The van der Waals surface area contributed by atoms with E-state index in [2.05, 4.69) is 26.8 Å². The average Bonchev–Trinajstić information content (AvgIpc) is 3.59. The normalized spacial score (nSPS) is 14.9.